The van der Waals surface area contributed by atoms with Gasteiger partial charge >= 0.3 is 6.18 Å². The van der Waals surface area contributed by atoms with Crippen LogP contribution in [0.15, 0.2) is 84.0 Å². The lowest BCUT2D eigenvalue weighted by Gasteiger charge is -2.27. The van der Waals surface area contributed by atoms with Crippen molar-refractivity contribution in [2.24, 2.45) is 0 Å². The number of halogens is 3. The molecule has 162 valence electrons. The van der Waals surface area contributed by atoms with Crippen molar-refractivity contribution in [3.8, 4) is 0 Å². The van der Waals surface area contributed by atoms with Gasteiger partial charge in [0.1, 0.15) is 11.3 Å². The molecule has 2 aromatic carbocycles. The fourth-order valence-electron chi connectivity index (χ4n) is 3.76. The van der Waals surface area contributed by atoms with Crippen LogP contribution >= 0.6 is 0 Å². The summed E-state index contributed by atoms with van der Waals surface area (Å²) >= 11 is 0. The van der Waals surface area contributed by atoms with Gasteiger partial charge in [0.25, 0.3) is 0 Å². The van der Waals surface area contributed by atoms with E-state index in [-0.39, 0.29) is 0 Å². The Labute approximate surface area is 178 Å². The first kappa shape index (κ1) is 21.3. The molecule has 0 aliphatic carbocycles. The quantitative estimate of drug-likeness (QED) is 0.581. The van der Waals surface area contributed by atoms with E-state index in [2.05, 4.69) is 4.98 Å². The second-order valence-corrected chi connectivity index (χ2v) is 9.32. The highest BCUT2D eigenvalue weighted by atomic mass is 32.2. The van der Waals surface area contributed by atoms with E-state index in [0.717, 1.165) is 10.6 Å². The van der Waals surface area contributed by atoms with Gasteiger partial charge in [-0.05, 0) is 36.8 Å². The number of hydrogen-bond acceptors (Lipinski definition) is 5. The average Bonchev–Trinajstić information content (AvgIpc) is 3.17. The summed E-state index contributed by atoms with van der Waals surface area (Å²) in [4.78, 5) is 9.17. The van der Waals surface area contributed by atoms with E-state index in [9.17, 15) is 21.6 Å². The Morgan fingerprint density at radius 2 is 1.68 bits per heavy atom. The number of rotatable bonds is 4. The molecule has 1 aromatic heterocycles. The van der Waals surface area contributed by atoms with Crippen LogP contribution in [0.5, 0.6) is 0 Å². The molecule has 3 atom stereocenters. The maximum absolute atomic E-state index is 14.1. The van der Waals surface area contributed by atoms with Crippen molar-refractivity contribution in [1.29, 1.82) is 0 Å². The minimum atomic E-state index is -4.92. The van der Waals surface area contributed by atoms with Gasteiger partial charge < -0.3 is 0 Å². The lowest BCUT2D eigenvalue weighted by Crippen LogP contribution is -2.43. The molecular weight excluding hydrogens is 429 g/mol. The van der Waals surface area contributed by atoms with Crippen molar-refractivity contribution in [2.75, 3.05) is 5.06 Å². The fraction of sp³-hybridized carbons (Fsp3) is 0.227. The predicted octanol–water partition coefficient (Wildman–Crippen LogP) is 4.66. The molecule has 0 saturated carbocycles. The number of pyridine rings is 1. The number of sulfone groups is 1. The molecular formula is C22H19F3N2O3S. The van der Waals surface area contributed by atoms with E-state index in [1.807, 2.05) is 0 Å². The summed E-state index contributed by atoms with van der Waals surface area (Å²) in [5.74, 6) is 0. The summed E-state index contributed by atoms with van der Waals surface area (Å²) in [6.07, 6.45) is -6.25. The Balaban J connectivity index is 1.95. The van der Waals surface area contributed by atoms with Gasteiger partial charge in [0.2, 0.25) is 15.9 Å². The number of benzene rings is 2. The molecule has 2 heterocycles. The van der Waals surface area contributed by atoms with Gasteiger partial charge in [-0.2, -0.15) is 13.2 Å². The van der Waals surface area contributed by atoms with E-state index < -0.39 is 38.4 Å². The van der Waals surface area contributed by atoms with Crippen LogP contribution in [0.4, 0.5) is 18.9 Å². The summed E-state index contributed by atoms with van der Waals surface area (Å²) in [5, 5.41) is -1.33. The number of nitrogens with zero attached hydrogens (tertiary/aromatic N) is 2. The van der Waals surface area contributed by atoms with Crippen LogP contribution in [0.2, 0.25) is 0 Å². The van der Waals surface area contributed by atoms with E-state index in [0.29, 0.717) is 11.3 Å². The van der Waals surface area contributed by atoms with Crippen LogP contribution in [0.25, 0.3) is 0 Å². The highest BCUT2D eigenvalue weighted by Crippen LogP contribution is 2.47. The molecule has 0 amide bonds. The van der Waals surface area contributed by atoms with Crippen LogP contribution < -0.4 is 5.06 Å². The summed E-state index contributed by atoms with van der Waals surface area (Å²) in [6.45, 7) is 1.79. The van der Waals surface area contributed by atoms with Gasteiger partial charge in [0, 0.05) is 6.20 Å². The number of aryl methyl sites for hydroxylation is 1. The zero-order valence-corrected chi connectivity index (χ0v) is 17.2. The molecule has 3 aromatic rings. The van der Waals surface area contributed by atoms with Gasteiger partial charge in [-0.1, -0.05) is 54.1 Å². The summed E-state index contributed by atoms with van der Waals surface area (Å²) < 4.78 is 69.2. The first-order chi connectivity index (χ1) is 14.7. The molecule has 1 aliphatic rings. The molecule has 9 heteroatoms. The van der Waals surface area contributed by atoms with E-state index in [1.165, 1.54) is 24.4 Å². The second kappa shape index (κ2) is 7.97. The normalized spacial score (nSPS) is 21.9. The zero-order chi connectivity index (χ0) is 22.2. The summed E-state index contributed by atoms with van der Waals surface area (Å²) in [5.41, 5.74) is 1.51. The van der Waals surface area contributed by atoms with E-state index >= 15 is 0 Å². The Bertz CT molecular complexity index is 1160. The highest BCUT2D eigenvalue weighted by molar-refractivity contribution is 7.92. The Morgan fingerprint density at radius 3 is 2.29 bits per heavy atom. The zero-order valence-electron chi connectivity index (χ0n) is 16.4. The largest absolute Gasteiger partial charge is 0.418 e. The first-order valence-corrected chi connectivity index (χ1v) is 11.0. The van der Waals surface area contributed by atoms with Crippen molar-refractivity contribution >= 4 is 15.5 Å². The average molecular weight is 448 g/mol. The molecule has 0 radical (unpaired) electrons. The third-order valence-corrected chi connectivity index (χ3v) is 7.14. The molecule has 31 heavy (non-hydrogen) atoms. The maximum atomic E-state index is 14.1. The second-order valence-electron chi connectivity index (χ2n) is 7.27. The van der Waals surface area contributed by atoms with Crippen LogP contribution in [0.1, 0.15) is 17.2 Å². The Morgan fingerprint density at radius 1 is 0.968 bits per heavy atom. The van der Waals surface area contributed by atoms with Crippen molar-refractivity contribution in [1.82, 2.24) is 4.98 Å². The van der Waals surface area contributed by atoms with Crippen LogP contribution in [-0.4, -0.2) is 30.9 Å². The molecule has 1 fully saturated rings. The predicted molar refractivity (Wildman–Crippen MR) is 109 cm³/mol. The highest BCUT2D eigenvalue weighted by Gasteiger charge is 2.62. The number of hydrogen-bond donors (Lipinski definition) is 0. The minimum absolute atomic E-state index is 0.321. The van der Waals surface area contributed by atoms with Crippen LogP contribution in [0, 0.1) is 6.92 Å². The molecule has 0 bridgehead atoms. The lowest BCUT2D eigenvalue weighted by atomic mass is 9.98. The monoisotopic (exact) mass is 448 g/mol. The summed E-state index contributed by atoms with van der Waals surface area (Å²) in [6, 6.07) is 17.8. The maximum Gasteiger partial charge on any atom is 0.418 e. The van der Waals surface area contributed by atoms with Gasteiger partial charge in [-0.15, -0.1) is 0 Å². The molecule has 4 rings (SSSR count). The minimum Gasteiger partial charge on any atom is -0.258 e. The van der Waals surface area contributed by atoms with E-state index in [4.69, 9.17) is 4.84 Å². The molecule has 0 spiro atoms. The third kappa shape index (κ3) is 4.03. The van der Waals surface area contributed by atoms with Crippen molar-refractivity contribution in [2.45, 2.75) is 35.5 Å². The molecule has 1 saturated heterocycles. The van der Waals surface area contributed by atoms with E-state index in [1.54, 1.807) is 61.5 Å². The lowest BCUT2D eigenvalue weighted by molar-refractivity contribution is -0.208. The fourth-order valence-corrected chi connectivity index (χ4v) is 5.65. The number of aromatic nitrogens is 1. The number of para-hydroxylation sites is 1. The van der Waals surface area contributed by atoms with Gasteiger partial charge in [-0.3, -0.25) is 4.84 Å². The van der Waals surface area contributed by atoms with Crippen molar-refractivity contribution in [3.63, 3.8) is 0 Å². The summed E-state index contributed by atoms with van der Waals surface area (Å²) in [7, 11) is -4.52. The molecule has 0 N–H and O–H groups in total. The van der Waals surface area contributed by atoms with Crippen molar-refractivity contribution in [3.05, 3.63) is 90.1 Å². The topological polar surface area (TPSA) is 59.5 Å². The number of anilines is 1. The first-order valence-electron chi connectivity index (χ1n) is 9.49. The third-order valence-electron chi connectivity index (χ3n) is 5.09. The molecule has 1 aliphatic heterocycles. The SMILES string of the molecule is Cc1cccc([C@@H]2[C@@H](S(=O)(=O)c3ccccn3)[C@H](C(F)(F)F)ON2c2ccccc2)c1. The smallest absolute Gasteiger partial charge is 0.258 e. The Kier molecular flexibility index (Phi) is 5.49. The molecule has 5 nitrogen and oxygen atoms in total. The van der Waals surface area contributed by atoms with Crippen LogP contribution in [0.3, 0.4) is 0 Å². The standard InChI is InChI=1S/C22H19F3N2O3S/c1-15-8-7-9-16(14-15)19-20(31(28,29)18-12-5-6-13-26-18)21(22(23,24)25)30-27(19)17-10-3-2-4-11-17/h2-14,19-21H,1H3/t19-,20-,21-/m1/s1. The van der Waals surface area contributed by atoms with Crippen LogP contribution in [-0.2, 0) is 14.7 Å². The van der Waals surface area contributed by atoms with Crippen molar-refractivity contribution < 1.29 is 26.4 Å². The number of alkyl halides is 3. The number of hydroxylamine groups is 1. The van der Waals surface area contributed by atoms with Gasteiger partial charge in [-0.25, -0.2) is 18.5 Å². The van der Waals surface area contributed by atoms with Gasteiger partial charge in [0.15, 0.2) is 5.03 Å². The molecule has 0 unspecified atom stereocenters. The van der Waals surface area contributed by atoms with Gasteiger partial charge in [0.05, 0.1) is 5.69 Å². The Hall–Kier alpha value is -2.91.